The van der Waals surface area contributed by atoms with Gasteiger partial charge in [-0.05, 0) is 5.56 Å². The number of fused-ring (bicyclic) bond motifs is 1. The number of benzene rings is 1. The van der Waals surface area contributed by atoms with Crippen molar-refractivity contribution in [3.05, 3.63) is 52.6 Å². The first kappa shape index (κ1) is 13.8. The van der Waals surface area contributed by atoms with E-state index in [-0.39, 0.29) is 30.3 Å². The van der Waals surface area contributed by atoms with Crippen molar-refractivity contribution in [3.8, 4) is 0 Å². The van der Waals surface area contributed by atoms with Gasteiger partial charge in [0.2, 0.25) is 5.95 Å². The van der Waals surface area contributed by atoms with Crippen LogP contribution in [0.3, 0.4) is 0 Å². The van der Waals surface area contributed by atoms with Crippen LogP contribution in [-0.4, -0.2) is 25.5 Å². The predicted molar refractivity (Wildman–Crippen MR) is 78.8 cm³/mol. The maximum atomic E-state index is 11.9. The molecule has 2 heterocycles. The molecule has 0 bridgehead atoms. The molecule has 2 aromatic heterocycles. The molecular weight excluding hydrogens is 286 g/mol. The Balaban J connectivity index is 1.73. The number of nitrogen functional groups attached to an aromatic ring is 1. The van der Waals surface area contributed by atoms with Crippen molar-refractivity contribution in [1.29, 1.82) is 0 Å². The first-order valence-electron chi connectivity index (χ1n) is 6.53. The Morgan fingerprint density at radius 3 is 2.86 bits per heavy atom. The van der Waals surface area contributed by atoms with Crippen LogP contribution in [0.15, 0.2) is 41.5 Å². The van der Waals surface area contributed by atoms with Crippen molar-refractivity contribution < 1.29 is 9.53 Å². The van der Waals surface area contributed by atoms with Gasteiger partial charge in [0.25, 0.3) is 5.56 Å². The van der Waals surface area contributed by atoms with E-state index >= 15 is 0 Å². The standard InChI is InChI=1S/C14H13N5O3/c15-14-17-12-11(13(21)18-14)16-8-19(12)6-10(20)22-7-9-4-2-1-3-5-9/h1-5,8H,6-7H2,(H3,15,17,18,21). The Morgan fingerprint density at radius 2 is 2.09 bits per heavy atom. The van der Waals surface area contributed by atoms with E-state index in [1.807, 2.05) is 30.3 Å². The number of esters is 1. The van der Waals surface area contributed by atoms with Gasteiger partial charge >= 0.3 is 5.97 Å². The minimum Gasteiger partial charge on any atom is -0.459 e. The molecule has 22 heavy (non-hydrogen) atoms. The molecule has 0 aliphatic rings. The van der Waals surface area contributed by atoms with Gasteiger partial charge < -0.3 is 15.0 Å². The maximum absolute atomic E-state index is 11.9. The summed E-state index contributed by atoms with van der Waals surface area (Å²) < 4.78 is 6.60. The fourth-order valence-corrected chi connectivity index (χ4v) is 2.01. The summed E-state index contributed by atoms with van der Waals surface area (Å²) in [4.78, 5) is 33.8. The van der Waals surface area contributed by atoms with Crippen LogP contribution < -0.4 is 11.3 Å². The fourth-order valence-electron chi connectivity index (χ4n) is 2.01. The van der Waals surface area contributed by atoms with E-state index in [1.165, 1.54) is 10.9 Å². The monoisotopic (exact) mass is 299 g/mol. The lowest BCUT2D eigenvalue weighted by atomic mass is 10.2. The van der Waals surface area contributed by atoms with E-state index in [1.54, 1.807) is 0 Å². The van der Waals surface area contributed by atoms with E-state index < -0.39 is 11.5 Å². The number of anilines is 1. The summed E-state index contributed by atoms with van der Waals surface area (Å²) in [6.07, 6.45) is 1.36. The number of nitrogens with one attached hydrogen (secondary N) is 1. The topological polar surface area (TPSA) is 116 Å². The first-order valence-corrected chi connectivity index (χ1v) is 6.53. The Hall–Kier alpha value is -3.16. The number of carbonyl (C=O) groups is 1. The van der Waals surface area contributed by atoms with Crippen LogP contribution in [0, 0.1) is 0 Å². The molecule has 0 saturated carbocycles. The van der Waals surface area contributed by atoms with Gasteiger partial charge in [0, 0.05) is 0 Å². The number of hydrogen-bond donors (Lipinski definition) is 2. The van der Waals surface area contributed by atoms with Gasteiger partial charge in [-0.2, -0.15) is 4.98 Å². The fraction of sp³-hybridized carbons (Fsp3) is 0.143. The maximum Gasteiger partial charge on any atom is 0.326 e. The van der Waals surface area contributed by atoms with Crippen LogP contribution in [0.5, 0.6) is 0 Å². The first-order chi connectivity index (χ1) is 10.6. The Morgan fingerprint density at radius 1 is 1.32 bits per heavy atom. The van der Waals surface area contributed by atoms with Crippen LogP contribution in [0.1, 0.15) is 5.56 Å². The number of nitrogens with two attached hydrogens (primary N) is 1. The summed E-state index contributed by atoms with van der Waals surface area (Å²) in [5.74, 6) is -0.485. The van der Waals surface area contributed by atoms with Crippen LogP contribution >= 0.6 is 0 Å². The predicted octanol–water partition coefficient (Wildman–Crippen LogP) is 0.445. The Bertz CT molecular complexity index is 869. The SMILES string of the molecule is Nc1nc2c(ncn2CC(=O)OCc2ccccc2)c(=O)[nH]1. The number of rotatable bonds is 4. The zero-order chi connectivity index (χ0) is 15.5. The van der Waals surface area contributed by atoms with E-state index in [0.29, 0.717) is 0 Å². The molecule has 8 heteroatoms. The van der Waals surface area contributed by atoms with E-state index in [2.05, 4.69) is 15.0 Å². The lowest BCUT2D eigenvalue weighted by Crippen LogP contribution is -2.15. The lowest BCUT2D eigenvalue weighted by Gasteiger charge is -2.06. The molecule has 112 valence electrons. The average Bonchev–Trinajstić information content (AvgIpc) is 2.89. The highest BCUT2D eigenvalue weighted by Crippen LogP contribution is 2.07. The largest absolute Gasteiger partial charge is 0.459 e. The van der Waals surface area contributed by atoms with E-state index in [4.69, 9.17) is 10.5 Å². The highest BCUT2D eigenvalue weighted by Gasteiger charge is 2.12. The number of nitrogens with zero attached hydrogens (tertiary/aromatic N) is 3. The van der Waals surface area contributed by atoms with Gasteiger partial charge in [-0.15, -0.1) is 0 Å². The smallest absolute Gasteiger partial charge is 0.326 e. The van der Waals surface area contributed by atoms with Crippen molar-refractivity contribution >= 4 is 23.1 Å². The third-order valence-electron chi connectivity index (χ3n) is 3.04. The van der Waals surface area contributed by atoms with E-state index in [0.717, 1.165) is 5.56 Å². The number of ether oxygens (including phenoxy) is 1. The molecule has 0 spiro atoms. The second kappa shape index (κ2) is 5.68. The van der Waals surface area contributed by atoms with Gasteiger partial charge in [0.05, 0.1) is 6.33 Å². The molecule has 0 aliphatic carbocycles. The highest BCUT2D eigenvalue weighted by molar-refractivity contribution is 5.75. The summed E-state index contributed by atoms with van der Waals surface area (Å²) in [7, 11) is 0. The molecule has 0 aliphatic heterocycles. The quantitative estimate of drug-likeness (QED) is 0.675. The molecule has 0 amide bonds. The van der Waals surface area contributed by atoms with Crippen molar-refractivity contribution in [1.82, 2.24) is 19.5 Å². The molecule has 3 rings (SSSR count). The summed E-state index contributed by atoms with van der Waals surface area (Å²) in [6.45, 7) is 0.0850. The van der Waals surface area contributed by atoms with E-state index in [9.17, 15) is 9.59 Å². The van der Waals surface area contributed by atoms with Crippen LogP contribution in [-0.2, 0) is 22.7 Å². The molecule has 0 atom stereocenters. The van der Waals surface area contributed by atoms with Crippen molar-refractivity contribution in [2.75, 3.05) is 5.73 Å². The Kier molecular flexibility index (Phi) is 3.57. The van der Waals surface area contributed by atoms with Crippen molar-refractivity contribution in [2.45, 2.75) is 13.2 Å². The summed E-state index contributed by atoms with van der Waals surface area (Å²) in [6, 6.07) is 9.34. The number of imidazole rings is 1. The minimum atomic E-state index is -0.455. The molecule has 0 saturated heterocycles. The normalized spacial score (nSPS) is 10.7. The Labute approximate surface area is 124 Å². The minimum absolute atomic E-state index is 0.0306. The molecule has 0 fully saturated rings. The number of H-pyrrole nitrogens is 1. The summed E-state index contributed by atoms with van der Waals surface area (Å²) >= 11 is 0. The van der Waals surface area contributed by atoms with Crippen LogP contribution in [0.4, 0.5) is 5.95 Å². The number of hydrogen-bond acceptors (Lipinski definition) is 6. The molecular formula is C14H13N5O3. The molecule has 0 unspecified atom stereocenters. The summed E-state index contributed by atoms with van der Waals surface area (Å²) in [5, 5.41) is 0. The molecule has 3 aromatic rings. The summed E-state index contributed by atoms with van der Waals surface area (Å²) in [5.41, 5.74) is 6.32. The number of aromatic amines is 1. The second-order valence-corrected chi connectivity index (χ2v) is 4.64. The molecule has 8 nitrogen and oxygen atoms in total. The van der Waals surface area contributed by atoms with Gasteiger partial charge in [0.1, 0.15) is 13.2 Å². The third kappa shape index (κ3) is 2.80. The average molecular weight is 299 g/mol. The highest BCUT2D eigenvalue weighted by atomic mass is 16.5. The van der Waals surface area contributed by atoms with Gasteiger partial charge in [-0.1, -0.05) is 30.3 Å². The number of aromatic nitrogens is 4. The second-order valence-electron chi connectivity index (χ2n) is 4.64. The van der Waals surface area contributed by atoms with Gasteiger partial charge in [0.15, 0.2) is 11.2 Å². The molecule has 0 radical (unpaired) electrons. The van der Waals surface area contributed by atoms with Gasteiger partial charge in [-0.3, -0.25) is 14.6 Å². The van der Waals surface area contributed by atoms with Crippen molar-refractivity contribution in [2.24, 2.45) is 0 Å². The molecule has 1 aromatic carbocycles. The molecule has 3 N–H and O–H groups in total. The van der Waals surface area contributed by atoms with Crippen LogP contribution in [0.25, 0.3) is 11.2 Å². The van der Waals surface area contributed by atoms with Crippen LogP contribution in [0.2, 0.25) is 0 Å². The third-order valence-corrected chi connectivity index (χ3v) is 3.04. The number of carbonyl (C=O) groups excluding carboxylic acids is 1. The zero-order valence-corrected chi connectivity index (χ0v) is 11.5. The van der Waals surface area contributed by atoms with Crippen molar-refractivity contribution in [3.63, 3.8) is 0 Å². The lowest BCUT2D eigenvalue weighted by molar-refractivity contribution is -0.145. The zero-order valence-electron chi connectivity index (χ0n) is 11.5. The van der Waals surface area contributed by atoms with Gasteiger partial charge in [-0.25, -0.2) is 4.98 Å².